The van der Waals surface area contributed by atoms with Crippen LogP contribution in [0.2, 0.25) is 0 Å². The summed E-state index contributed by atoms with van der Waals surface area (Å²) < 4.78 is 1.06. The molecular formula is C7H10IN3O. The van der Waals surface area contributed by atoms with Crippen LogP contribution in [0.3, 0.4) is 0 Å². The van der Waals surface area contributed by atoms with Crippen LogP contribution in [0.15, 0.2) is 12.4 Å². The summed E-state index contributed by atoms with van der Waals surface area (Å²) in [6.45, 7) is 0.729. The Morgan fingerprint density at radius 3 is 3.17 bits per heavy atom. The zero-order valence-electron chi connectivity index (χ0n) is 6.51. The third kappa shape index (κ3) is 2.80. The van der Waals surface area contributed by atoms with Gasteiger partial charge in [-0.2, -0.15) is 5.10 Å². The molecule has 1 aromatic rings. The molecule has 0 unspecified atom stereocenters. The van der Waals surface area contributed by atoms with Crippen LogP contribution in [0.1, 0.15) is 16.8 Å². The predicted octanol–water partition coefficient (Wildman–Crippen LogP) is 0.965. The fourth-order valence-corrected chi connectivity index (χ4v) is 1.13. The van der Waals surface area contributed by atoms with Crippen LogP contribution in [0, 0.1) is 0 Å². The number of halogens is 1. The van der Waals surface area contributed by atoms with E-state index >= 15 is 0 Å². The Hall–Kier alpha value is -0.590. The average molecular weight is 279 g/mol. The van der Waals surface area contributed by atoms with Crippen LogP contribution in [-0.2, 0) is 0 Å². The second-order valence-electron chi connectivity index (χ2n) is 2.29. The largest absolute Gasteiger partial charge is 0.352 e. The predicted molar refractivity (Wildman–Crippen MR) is 54.4 cm³/mol. The molecule has 2 N–H and O–H groups in total. The van der Waals surface area contributed by atoms with Crippen LogP contribution in [0.25, 0.3) is 0 Å². The highest BCUT2D eigenvalue weighted by Crippen LogP contribution is 1.93. The highest BCUT2D eigenvalue weighted by Gasteiger charge is 2.03. The smallest absolute Gasteiger partial charge is 0.254 e. The van der Waals surface area contributed by atoms with Crippen molar-refractivity contribution < 1.29 is 4.79 Å². The van der Waals surface area contributed by atoms with Gasteiger partial charge in [0, 0.05) is 17.2 Å². The standard InChI is InChI=1S/C7H10IN3O/c8-2-1-3-9-7(12)6-4-10-11-5-6/h4-5H,1-3H2,(H,9,12)(H,10,11). The number of carbonyl (C=O) groups is 1. The van der Waals surface area contributed by atoms with Gasteiger partial charge in [0.05, 0.1) is 11.8 Å². The van der Waals surface area contributed by atoms with Gasteiger partial charge in [0.2, 0.25) is 0 Å². The van der Waals surface area contributed by atoms with E-state index in [1.165, 1.54) is 6.20 Å². The second-order valence-corrected chi connectivity index (χ2v) is 3.36. The lowest BCUT2D eigenvalue weighted by molar-refractivity contribution is 0.0954. The fraction of sp³-hybridized carbons (Fsp3) is 0.429. The first-order valence-electron chi connectivity index (χ1n) is 3.67. The lowest BCUT2D eigenvalue weighted by Gasteiger charge is -1.99. The fourth-order valence-electron chi connectivity index (χ4n) is 0.746. The zero-order valence-corrected chi connectivity index (χ0v) is 8.67. The van der Waals surface area contributed by atoms with Crippen molar-refractivity contribution in [1.29, 1.82) is 0 Å². The van der Waals surface area contributed by atoms with Gasteiger partial charge in [-0.15, -0.1) is 0 Å². The van der Waals surface area contributed by atoms with Crippen LogP contribution in [-0.4, -0.2) is 27.1 Å². The van der Waals surface area contributed by atoms with Crippen LogP contribution >= 0.6 is 22.6 Å². The number of H-pyrrole nitrogens is 1. The number of hydrogen-bond donors (Lipinski definition) is 2. The molecule has 0 saturated heterocycles. The minimum atomic E-state index is -0.0615. The molecule has 0 aliphatic rings. The number of rotatable bonds is 4. The molecule has 66 valence electrons. The van der Waals surface area contributed by atoms with Crippen molar-refractivity contribution >= 4 is 28.5 Å². The lowest BCUT2D eigenvalue weighted by atomic mass is 10.3. The maximum Gasteiger partial charge on any atom is 0.254 e. The quantitative estimate of drug-likeness (QED) is 0.490. The summed E-state index contributed by atoms with van der Waals surface area (Å²) in [5.74, 6) is -0.0615. The summed E-state index contributed by atoms with van der Waals surface area (Å²) in [4.78, 5) is 11.2. The number of carbonyl (C=O) groups excluding carboxylic acids is 1. The average Bonchev–Trinajstić information content (AvgIpc) is 2.56. The third-order valence-corrected chi connectivity index (χ3v) is 2.12. The maximum absolute atomic E-state index is 11.2. The Labute approximate surface area is 84.3 Å². The first-order chi connectivity index (χ1) is 5.84. The van der Waals surface area contributed by atoms with Crippen molar-refractivity contribution in [1.82, 2.24) is 15.5 Å². The molecule has 0 radical (unpaired) electrons. The Morgan fingerprint density at radius 2 is 2.58 bits per heavy atom. The highest BCUT2D eigenvalue weighted by atomic mass is 127. The van der Waals surface area contributed by atoms with E-state index in [2.05, 4.69) is 38.1 Å². The summed E-state index contributed by atoms with van der Waals surface area (Å²) in [7, 11) is 0. The normalized spacial score (nSPS) is 9.75. The highest BCUT2D eigenvalue weighted by molar-refractivity contribution is 14.1. The van der Waals surface area contributed by atoms with Crippen molar-refractivity contribution in [3.05, 3.63) is 18.0 Å². The molecule has 0 bridgehead atoms. The number of hydrogen-bond acceptors (Lipinski definition) is 2. The molecule has 0 aliphatic carbocycles. The summed E-state index contributed by atoms with van der Waals surface area (Å²) in [5, 5.41) is 9.06. The van der Waals surface area contributed by atoms with Gasteiger partial charge in [0.25, 0.3) is 5.91 Å². The maximum atomic E-state index is 11.2. The van der Waals surface area contributed by atoms with Gasteiger partial charge in [-0.3, -0.25) is 9.89 Å². The molecule has 0 saturated carbocycles. The minimum absolute atomic E-state index is 0.0615. The summed E-state index contributed by atoms with van der Waals surface area (Å²) in [6.07, 6.45) is 4.10. The van der Waals surface area contributed by atoms with E-state index in [0.29, 0.717) is 5.56 Å². The molecule has 0 aliphatic heterocycles. The molecule has 0 atom stereocenters. The van der Waals surface area contributed by atoms with Crippen LogP contribution in [0.5, 0.6) is 0 Å². The number of nitrogens with one attached hydrogen (secondary N) is 2. The Balaban J connectivity index is 2.30. The summed E-state index contributed by atoms with van der Waals surface area (Å²) in [6, 6.07) is 0. The summed E-state index contributed by atoms with van der Waals surface area (Å²) >= 11 is 2.28. The van der Waals surface area contributed by atoms with Gasteiger partial charge in [-0.25, -0.2) is 0 Å². The van der Waals surface area contributed by atoms with E-state index < -0.39 is 0 Å². The van der Waals surface area contributed by atoms with Crippen molar-refractivity contribution in [3.8, 4) is 0 Å². The second kappa shape index (κ2) is 5.13. The Kier molecular flexibility index (Phi) is 4.06. The Bertz CT molecular complexity index is 235. The number of nitrogens with zero attached hydrogens (tertiary/aromatic N) is 1. The number of alkyl halides is 1. The van der Waals surface area contributed by atoms with Gasteiger partial charge < -0.3 is 5.32 Å². The molecule has 12 heavy (non-hydrogen) atoms. The van der Waals surface area contributed by atoms with E-state index in [1.807, 2.05) is 0 Å². The van der Waals surface area contributed by atoms with Gasteiger partial charge in [0.1, 0.15) is 0 Å². The molecule has 0 aromatic carbocycles. The minimum Gasteiger partial charge on any atom is -0.352 e. The monoisotopic (exact) mass is 279 g/mol. The van der Waals surface area contributed by atoms with E-state index in [1.54, 1.807) is 6.20 Å². The number of amides is 1. The van der Waals surface area contributed by atoms with Crippen LogP contribution < -0.4 is 5.32 Å². The third-order valence-electron chi connectivity index (χ3n) is 1.36. The molecule has 0 spiro atoms. The number of aromatic amines is 1. The van der Waals surface area contributed by atoms with Gasteiger partial charge in [-0.1, -0.05) is 22.6 Å². The first-order valence-corrected chi connectivity index (χ1v) is 5.20. The number of aromatic nitrogens is 2. The molecular weight excluding hydrogens is 269 g/mol. The lowest BCUT2D eigenvalue weighted by Crippen LogP contribution is -2.24. The Morgan fingerprint density at radius 1 is 1.75 bits per heavy atom. The van der Waals surface area contributed by atoms with E-state index in [4.69, 9.17) is 0 Å². The van der Waals surface area contributed by atoms with E-state index in [9.17, 15) is 4.79 Å². The van der Waals surface area contributed by atoms with Gasteiger partial charge in [-0.05, 0) is 6.42 Å². The van der Waals surface area contributed by atoms with Crippen molar-refractivity contribution in [2.24, 2.45) is 0 Å². The molecule has 1 heterocycles. The first kappa shape index (κ1) is 9.50. The molecule has 4 nitrogen and oxygen atoms in total. The van der Waals surface area contributed by atoms with E-state index in [0.717, 1.165) is 17.4 Å². The topological polar surface area (TPSA) is 57.8 Å². The zero-order chi connectivity index (χ0) is 8.81. The van der Waals surface area contributed by atoms with Crippen molar-refractivity contribution in [3.63, 3.8) is 0 Å². The molecule has 0 fully saturated rings. The van der Waals surface area contributed by atoms with E-state index in [-0.39, 0.29) is 5.91 Å². The van der Waals surface area contributed by atoms with Crippen LogP contribution in [0.4, 0.5) is 0 Å². The SMILES string of the molecule is O=C(NCCCI)c1cn[nH]c1. The van der Waals surface area contributed by atoms with Crippen molar-refractivity contribution in [2.75, 3.05) is 11.0 Å². The molecule has 5 heteroatoms. The van der Waals surface area contributed by atoms with Gasteiger partial charge >= 0.3 is 0 Å². The molecule has 1 amide bonds. The molecule has 1 rings (SSSR count). The molecule has 1 aromatic heterocycles. The van der Waals surface area contributed by atoms with Gasteiger partial charge in [0.15, 0.2) is 0 Å². The summed E-state index contributed by atoms with van der Waals surface area (Å²) in [5.41, 5.74) is 0.587. The van der Waals surface area contributed by atoms with Crippen molar-refractivity contribution in [2.45, 2.75) is 6.42 Å².